The molecule has 0 fully saturated rings. The average molecular weight is 208 g/mol. The van der Waals surface area contributed by atoms with Crippen molar-refractivity contribution in [2.24, 2.45) is 5.73 Å². The normalized spacial score (nSPS) is 10.5. The van der Waals surface area contributed by atoms with E-state index >= 15 is 0 Å². The van der Waals surface area contributed by atoms with Crippen LogP contribution in [0.4, 0.5) is 4.39 Å². The van der Waals surface area contributed by atoms with Crippen LogP contribution in [0.2, 0.25) is 0 Å². The van der Waals surface area contributed by atoms with Gasteiger partial charge in [0.2, 0.25) is 0 Å². The Morgan fingerprint density at radius 3 is 2.93 bits per heavy atom. The summed E-state index contributed by atoms with van der Waals surface area (Å²) in [7, 11) is 0. The fraction of sp³-hybridized carbons (Fsp3) is 0.111. The van der Waals surface area contributed by atoms with Crippen molar-refractivity contribution in [2.45, 2.75) is 6.54 Å². The smallest absolute Gasteiger partial charge is 0.326 e. The van der Waals surface area contributed by atoms with Crippen molar-refractivity contribution in [2.75, 3.05) is 0 Å². The van der Waals surface area contributed by atoms with E-state index in [0.29, 0.717) is 11.3 Å². The minimum absolute atomic E-state index is 0.217. The third-order valence-corrected chi connectivity index (χ3v) is 2.05. The first-order valence-corrected chi connectivity index (χ1v) is 4.34. The van der Waals surface area contributed by atoms with Gasteiger partial charge in [-0.25, -0.2) is 9.18 Å². The van der Waals surface area contributed by atoms with E-state index in [4.69, 9.17) is 5.73 Å². The predicted octanol–water partition coefficient (Wildman–Crippen LogP) is 0.158. The molecule has 5 nitrogen and oxygen atoms in total. The number of nitrogens with two attached hydrogens (primary N) is 1. The van der Waals surface area contributed by atoms with Crippen LogP contribution in [0.15, 0.2) is 29.3 Å². The van der Waals surface area contributed by atoms with Gasteiger partial charge in [-0.05, 0) is 11.6 Å². The van der Waals surface area contributed by atoms with Gasteiger partial charge in [-0.15, -0.1) is 0 Å². The number of hydrogen-bond acceptors (Lipinski definition) is 3. The molecule has 0 aliphatic rings. The standard InChI is InChI=1S/C9H9FN4O/c10-7-2-1-6(4-11)8(3-7)14-9(15)12-5-13-14/h1-3,5H,4,11H2,(H,12,13,15). The molecule has 0 spiro atoms. The Morgan fingerprint density at radius 2 is 2.33 bits per heavy atom. The molecule has 2 rings (SSSR count). The summed E-state index contributed by atoms with van der Waals surface area (Å²) < 4.78 is 14.1. The molecule has 0 amide bonds. The molecule has 1 heterocycles. The van der Waals surface area contributed by atoms with Gasteiger partial charge in [0.05, 0.1) is 5.69 Å². The molecule has 78 valence electrons. The van der Waals surface area contributed by atoms with Gasteiger partial charge in [-0.3, -0.25) is 4.98 Å². The van der Waals surface area contributed by atoms with E-state index in [1.165, 1.54) is 24.5 Å². The Labute approximate surface area is 84.3 Å². The summed E-state index contributed by atoms with van der Waals surface area (Å²) in [4.78, 5) is 13.7. The van der Waals surface area contributed by atoms with E-state index in [2.05, 4.69) is 10.1 Å². The molecule has 2 aromatic rings. The molecule has 15 heavy (non-hydrogen) atoms. The Bertz CT molecular complexity index is 531. The molecule has 0 saturated carbocycles. The maximum absolute atomic E-state index is 13.0. The molecule has 3 N–H and O–H groups in total. The van der Waals surface area contributed by atoms with E-state index in [0.717, 1.165) is 4.68 Å². The van der Waals surface area contributed by atoms with Gasteiger partial charge in [0.15, 0.2) is 0 Å². The minimum Gasteiger partial charge on any atom is -0.326 e. The quantitative estimate of drug-likeness (QED) is 0.738. The lowest BCUT2D eigenvalue weighted by atomic mass is 10.2. The van der Waals surface area contributed by atoms with E-state index in [1.54, 1.807) is 0 Å². The number of benzene rings is 1. The van der Waals surface area contributed by atoms with Crippen LogP contribution in [-0.4, -0.2) is 14.8 Å². The fourth-order valence-electron chi connectivity index (χ4n) is 1.33. The molecule has 0 bridgehead atoms. The molecule has 0 aliphatic carbocycles. The van der Waals surface area contributed by atoms with Gasteiger partial charge >= 0.3 is 5.69 Å². The van der Waals surface area contributed by atoms with E-state index in [9.17, 15) is 9.18 Å². The number of H-pyrrole nitrogens is 1. The first-order chi connectivity index (χ1) is 7.22. The second-order valence-corrected chi connectivity index (χ2v) is 2.98. The summed E-state index contributed by atoms with van der Waals surface area (Å²) in [6, 6.07) is 4.06. The highest BCUT2D eigenvalue weighted by Crippen LogP contribution is 2.13. The first-order valence-electron chi connectivity index (χ1n) is 4.34. The second-order valence-electron chi connectivity index (χ2n) is 2.98. The Balaban J connectivity index is 2.66. The third-order valence-electron chi connectivity index (χ3n) is 2.05. The van der Waals surface area contributed by atoms with Gasteiger partial charge in [0, 0.05) is 12.6 Å². The Kier molecular flexibility index (Phi) is 2.34. The average Bonchev–Trinajstić information content (AvgIpc) is 2.64. The van der Waals surface area contributed by atoms with Crippen LogP contribution in [0.1, 0.15) is 5.56 Å². The first kappa shape index (κ1) is 9.60. The number of aromatic nitrogens is 3. The molecular formula is C9H9FN4O. The molecule has 0 atom stereocenters. The van der Waals surface area contributed by atoms with Crippen molar-refractivity contribution >= 4 is 0 Å². The van der Waals surface area contributed by atoms with E-state index < -0.39 is 11.5 Å². The van der Waals surface area contributed by atoms with Crippen LogP contribution < -0.4 is 11.4 Å². The maximum Gasteiger partial charge on any atom is 0.347 e. The summed E-state index contributed by atoms with van der Waals surface area (Å²) in [5, 5.41) is 3.76. The minimum atomic E-state index is -0.433. The molecule has 0 unspecified atom stereocenters. The van der Waals surface area contributed by atoms with Crippen molar-refractivity contribution < 1.29 is 4.39 Å². The second kappa shape index (κ2) is 3.66. The highest BCUT2D eigenvalue weighted by atomic mass is 19.1. The summed E-state index contributed by atoms with van der Waals surface area (Å²) >= 11 is 0. The largest absolute Gasteiger partial charge is 0.347 e. The van der Waals surface area contributed by atoms with E-state index in [-0.39, 0.29) is 6.54 Å². The fourth-order valence-corrected chi connectivity index (χ4v) is 1.33. The van der Waals surface area contributed by atoms with Crippen molar-refractivity contribution in [3.05, 3.63) is 46.4 Å². The highest BCUT2D eigenvalue weighted by Gasteiger charge is 2.08. The van der Waals surface area contributed by atoms with Gasteiger partial charge in [0.25, 0.3) is 0 Å². The Hall–Kier alpha value is -1.95. The van der Waals surface area contributed by atoms with Gasteiger partial charge in [0.1, 0.15) is 12.1 Å². The molecule has 0 aliphatic heterocycles. The van der Waals surface area contributed by atoms with E-state index in [1.807, 2.05) is 0 Å². The molecule has 0 radical (unpaired) electrons. The lowest BCUT2D eigenvalue weighted by molar-refractivity contribution is 0.623. The maximum atomic E-state index is 13.0. The summed E-state index contributed by atoms with van der Waals surface area (Å²) in [5.41, 5.74) is 6.08. The van der Waals surface area contributed by atoms with Crippen LogP contribution in [0.25, 0.3) is 5.69 Å². The van der Waals surface area contributed by atoms with Crippen molar-refractivity contribution in [3.8, 4) is 5.69 Å². The van der Waals surface area contributed by atoms with Gasteiger partial charge in [-0.1, -0.05) is 6.07 Å². The van der Waals surface area contributed by atoms with Gasteiger partial charge < -0.3 is 5.73 Å². The SMILES string of the molecule is NCc1ccc(F)cc1-n1nc[nH]c1=O. The summed E-state index contributed by atoms with van der Waals surface area (Å²) in [5.74, 6) is -0.433. The van der Waals surface area contributed by atoms with Crippen molar-refractivity contribution in [3.63, 3.8) is 0 Å². The lowest BCUT2D eigenvalue weighted by Crippen LogP contribution is -2.18. The molecule has 1 aromatic heterocycles. The number of rotatable bonds is 2. The number of hydrogen-bond donors (Lipinski definition) is 2. The molecular weight excluding hydrogens is 199 g/mol. The van der Waals surface area contributed by atoms with Gasteiger partial charge in [-0.2, -0.15) is 9.78 Å². The van der Waals surface area contributed by atoms with Crippen LogP contribution in [0.3, 0.4) is 0 Å². The summed E-state index contributed by atoms with van der Waals surface area (Å²) in [6.07, 6.45) is 1.24. The number of nitrogens with zero attached hydrogens (tertiary/aromatic N) is 2. The van der Waals surface area contributed by atoms with Crippen LogP contribution in [0.5, 0.6) is 0 Å². The van der Waals surface area contributed by atoms with Crippen LogP contribution >= 0.6 is 0 Å². The molecule has 6 heteroatoms. The van der Waals surface area contributed by atoms with Crippen LogP contribution in [-0.2, 0) is 6.54 Å². The topological polar surface area (TPSA) is 76.7 Å². The Morgan fingerprint density at radius 1 is 1.53 bits per heavy atom. The number of halogens is 1. The predicted molar refractivity (Wildman–Crippen MR) is 52.0 cm³/mol. The third kappa shape index (κ3) is 1.66. The van der Waals surface area contributed by atoms with Crippen LogP contribution in [0, 0.1) is 5.82 Å². The zero-order valence-electron chi connectivity index (χ0n) is 7.77. The highest BCUT2D eigenvalue weighted by molar-refractivity contribution is 5.40. The molecule has 1 aromatic carbocycles. The number of aromatic amines is 1. The zero-order valence-corrected chi connectivity index (χ0v) is 7.77. The van der Waals surface area contributed by atoms with Crippen molar-refractivity contribution in [1.82, 2.24) is 14.8 Å². The summed E-state index contributed by atoms with van der Waals surface area (Å²) in [6.45, 7) is 0.217. The zero-order chi connectivity index (χ0) is 10.8. The van der Waals surface area contributed by atoms with Crippen molar-refractivity contribution in [1.29, 1.82) is 0 Å². The molecule has 0 saturated heterocycles. The number of nitrogens with one attached hydrogen (secondary N) is 1. The monoisotopic (exact) mass is 208 g/mol. The lowest BCUT2D eigenvalue weighted by Gasteiger charge is -2.05.